The van der Waals surface area contributed by atoms with Gasteiger partial charge in [0.15, 0.2) is 5.11 Å². The normalized spacial score (nSPS) is 14.4. The molecule has 1 fully saturated rings. The zero-order valence-corrected chi connectivity index (χ0v) is 17.2. The Bertz CT molecular complexity index is 845. The van der Waals surface area contributed by atoms with E-state index in [0.29, 0.717) is 28.2 Å². The summed E-state index contributed by atoms with van der Waals surface area (Å²) in [5.41, 5.74) is 4.17. The fourth-order valence-electron chi connectivity index (χ4n) is 3.15. The lowest BCUT2D eigenvalue weighted by molar-refractivity contribution is 0.0734. The molecule has 2 aromatic rings. The van der Waals surface area contributed by atoms with Crippen molar-refractivity contribution in [3.63, 3.8) is 0 Å². The van der Waals surface area contributed by atoms with Crippen molar-refractivity contribution in [3.8, 4) is 11.5 Å². The van der Waals surface area contributed by atoms with Crippen LogP contribution in [-0.2, 0) is 0 Å². The number of thiocarbonyl (C=S) groups is 1. The number of carbonyl (C=O) groups is 1. The number of hydrogen-bond acceptors (Lipinski definition) is 5. The number of benzene rings is 2. The molecule has 0 atom stereocenters. The lowest BCUT2D eigenvalue weighted by Crippen LogP contribution is -2.40. The average Bonchev–Trinajstić information content (AvgIpc) is 2.75. The molecule has 0 amide bonds. The molecule has 0 bridgehead atoms. The fraction of sp³-hybridized carbons (Fsp3) is 0.318. The van der Waals surface area contributed by atoms with Gasteiger partial charge in [-0.15, -0.1) is 0 Å². The summed E-state index contributed by atoms with van der Waals surface area (Å²) in [6, 6.07) is 14.3. The molecule has 152 valence electrons. The molecule has 29 heavy (non-hydrogen) atoms. The standard InChI is InChI=1S/C22H25N3O3S/c1-27-19-13-9-17(10-14-19)21(26)28-20-11-7-16(8-12-20)15-23-25-22(29)24-18-5-3-2-4-6-18/h7-15,18H,2-6H2,1H3,(H2,24,25,29)/b23-15+. The molecule has 0 unspecified atom stereocenters. The Morgan fingerprint density at radius 3 is 2.34 bits per heavy atom. The first-order valence-corrected chi connectivity index (χ1v) is 10.1. The van der Waals surface area contributed by atoms with Crippen LogP contribution in [0.3, 0.4) is 0 Å². The van der Waals surface area contributed by atoms with Crippen LogP contribution in [0.15, 0.2) is 53.6 Å². The first-order valence-electron chi connectivity index (χ1n) is 9.70. The van der Waals surface area contributed by atoms with Crippen LogP contribution in [0.5, 0.6) is 11.5 Å². The van der Waals surface area contributed by atoms with E-state index in [-0.39, 0.29) is 0 Å². The van der Waals surface area contributed by atoms with Crippen LogP contribution >= 0.6 is 12.2 Å². The third-order valence-corrected chi connectivity index (χ3v) is 4.95. The number of hydrogen-bond donors (Lipinski definition) is 2. The molecule has 0 radical (unpaired) electrons. The Kier molecular flexibility index (Phi) is 7.58. The number of hydrazone groups is 1. The van der Waals surface area contributed by atoms with Gasteiger partial charge in [-0.25, -0.2) is 4.79 Å². The molecule has 1 aliphatic rings. The predicted molar refractivity (Wildman–Crippen MR) is 118 cm³/mol. The maximum atomic E-state index is 12.2. The monoisotopic (exact) mass is 411 g/mol. The third kappa shape index (κ3) is 6.57. The third-order valence-electron chi connectivity index (χ3n) is 4.74. The van der Waals surface area contributed by atoms with E-state index in [9.17, 15) is 4.79 Å². The maximum Gasteiger partial charge on any atom is 0.343 e. The van der Waals surface area contributed by atoms with Gasteiger partial charge in [0.25, 0.3) is 0 Å². The molecule has 0 aliphatic heterocycles. The summed E-state index contributed by atoms with van der Waals surface area (Å²) in [6.07, 6.45) is 7.79. The SMILES string of the molecule is COc1ccc(C(=O)Oc2ccc(/C=N/NC(=S)NC3CCCCC3)cc2)cc1. The summed E-state index contributed by atoms with van der Waals surface area (Å²) < 4.78 is 10.5. The Hall–Kier alpha value is -2.93. The van der Waals surface area contributed by atoms with Crippen molar-refractivity contribution in [1.29, 1.82) is 0 Å². The van der Waals surface area contributed by atoms with Gasteiger partial charge in [0.05, 0.1) is 18.9 Å². The van der Waals surface area contributed by atoms with Crippen LogP contribution < -0.4 is 20.2 Å². The van der Waals surface area contributed by atoms with Gasteiger partial charge < -0.3 is 14.8 Å². The molecule has 6 nitrogen and oxygen atoms in total. The molecular weight excluding hydrogens is 386 g/mol. The second kappa shape index (κ2) is 10.6. The number of methoxy groups -OCH3 is 1. The van der Waals surface area contributed by atoms with E-state index in [0.717, 1.165) is 18.4 Å². The summed E-state index contributed by atoms with van der Waals surface area (Å²) in [5, 5.41) is 8.00. The molecule has 1 aliphatic carbocycles. The lowest BCUT2D eigenvalue weighted by Gasteiger charge is -2.23. The van der Waals surface area contributed by atoms with E-state index in [1.807, 2.05) is 12.1 Å². The van der Waals surface area contributed by atoms with Gasteiger partial charge in [-0.3, -0.25) is 5.43 Å². The number of rotatable bonds is 6. The highest BCUT2D eigenvalue weighted by atomic mass is 32.1. The van der Waals surface area contributed by atoms with Crippen molar-refractivity contribution >= 4 is 29.5 Å². The second-order valence-corrected chi connectivity index (χ2v) is 7.27. The molecule has 3 rings (SSSR count). The number of ether oxygens (including phenoxy) is 2. The summed E-state index contributed by atoms with van der Waals surface area (Å²) >= 11 is 5.28. The highest BCUT2D eigenvalue weighted by Gasteiger charge is 2.13. The molecule has 0 heterocycles. The summed E-state index contributed by atoms with van der Waals surface area (Å²) in [6.45, 7) is 0. The van der Waals surface area contributed by atoms with Crippen LogP contribution in [0, 0.1) is 0 Å². The minimum atomic E-state index is -0.421. The van der Waals surface area contributed by atoms with Gasteiger partial charge in [-0.05, 0) is 79.2 Å². The van der Waals surface area contributed by atoms with Gasteiger partial charge in [-0.2, -0.15) is 5.10 Å². The average molecular weight is 412 g/mol. The van der Waals surface area contributed by atoms with E-state index in [1.54, 1.807) is 49.7 Å². The molecule has 2 aromatic carbocycles. The molecule has 0 saturated heterocycles. The van der Waals surface area contributed by atoms with Gasteiger partial charge in [-0.1, -0.05) is 19.3 Å². The molecule has 2 N–H and O–H groups in total. The highest BCUT2D eigenvalue weighted by Crippen LogP contribution is 2.17. The van der Waals surface area contributed by atoms with Crippen LogP contribution in [0.25, 0.3) is 0 Å². The Morgan fingerprint density at radius 1 is 1.03 bits per heavy atom. The molecule has 0 aromatic heterocycles. The van der Waals surface area contributed by atoms with Gasteiger partial charge in [0, 0.05) is 6.04 Å². The quantitative estimate of drug-likeness (QED) is 0.246. The summed E-state index contributed by atoms with van der Waals surface area (Å²) in [7, 11) is 1.58. The largest absolute Gasteiger partial charge is 0.497 e. The number of esters is 1. The second-order valence-electron chi connectivity index (χ2n) is 6.87. The number of carbonyl (C=O) groups excluding carboxylic acids is 1. The summed E-state index contributed by atoms with van der Waals surface area (Å²) in [5.74, 6) is 0.729. The van der Waals surface area contributed by atoms with Crippen molar-refractivity contribution in [2.45, 2.75) is 38.1 Å². The molecule has 1 saturated carbocycles. The van der Waals surface area contributed by atoms with Crippen molar-refractivity contribution in [2.24, 2.45) is 5.10 Å². The zero-order chi connectivity index (χ0) is 20.5. The van der Waals surface area contributed by atoms with E-state index in [2.05, 4.69) is 15.8 Å². The van der Waals surface area contributed by atoms with E-state index < -0.39 is 5.97 Å². The van der Waals surface area contributed by atoms with E-state index in [1.165, 1.54) is 19.3 Å². The Balaban J connectivity index is 1.46. The van der Waals surface area contributed by atoms with E-state index >= 15 is 0 Å². The number of nitrogens with one attached hydrogen (secondary N) is 2. The number of nitrogens with zero attached hydrogens (tertiary/aromatic N) is 1. The van der Waals surface area contributed by atoms with Crippen molar-refractivity contribution < 1.29 is 14.3 Å². The first-order chi connectivity index (χ1) is 14.1. The fourth-order valence-corrected chi connectivity index (χ4v) is 3.36. The molecule has 7 heteroatoms. The van der Waals surface area contributed by atoms with Crippen molar-refractivity contribution in [1.82, 2.24) is 10.7 Å². The summed E-state index contributed by atoms with van der Waals surface area (Å²) in [4.78, 5) is 12.2. The van der Waals surface area contributed by atoms with Crippen LogP contribution in [0.1, 0.15) is 48.0 Å². The van der Waals surface area contributed by atoms with Crippen LogP contribution in [0.4, 0.5) is 0 Å². The van der Waals surface area contributed by atoms with Crippen molar-refractivity contribution in [3.05, 3.63) is 59.7 Å². The Morgan fingerprint density at radius 2 is 1.69 bits per heavy atom. The Labute approximate surface area is 176 Å². The van der Waals surface area contributed by atoms with Gasteiger partial charge in [0.2, 0.25) is 0 Å². The van der Waals surface area contributed by atoms with Gasteiger partial charge >= 0.3 is 5.97 Å². The van der Waals surface area contributed by atoms with E-state index in [4.69, 9.17) is 21.7 Å². The maximum absolute atomic E-state index is 12.2. The lowest BCUT2D eigenvalue weighted by atomic mass is 9.96. The molecule has 0 spiro atoms. The smallest absolute Gasteiger partial charge is 0.343 e. The van der Waals surface area contributed by atoms with Gasteiger partial charge in [0.1, 0.15) is 11.5 Å². The topological polar surface area (TPSA) is 72.0 Å². The van der Waals surface area contributed by atoms with Crippen LogP contribution in [-0.4, -0.2) is 30.4 Å². The highest BCUT2D eigenvalue weighted by molar-refractivity contribution is 7.80. The van der Waals surface area contributed by atoms with Crippen molar-refractivity contribution in [2.75, 3.05) is 7.11 Å². The predicted octanol–water partition coefficient (Wildman–Crippen LogP) is 4.05. The zero-order valence-electron chi connectivity index (χ0n) is 16.4. The molecular formula is C22H25N3O3S. The minimum absolute atomic E-state index is 0.421. The van der Waals surface area contributed by atoms with Crippen LogP contribution in [0.2, 0.25) is 0 Å². The first kappa shape index (κ1) is 20.8. The minimum Gasteiger partial charge on any atom is -0.497 e.